The first kappa shape index (κ1) is 16.5. The summed E-state index contributed by atoms with van der Waals surface area (Å²) in [6.45, 7) is 6.56. The number of carbonyl (C=O) groups excluding carboxylic acids is 1. The van der Waals surface area contributed by atoms with Crippen LogP contribution in [0.25, 0.3) is 0 Å². The number of hydrogen-bond acceptors (Lipinski definition) is 1. The Morgan fingerprint density at radius 3 is 2.45 bits per heavy atom. The number of hydrogen-bond donors (Lipinski definition) is 2. The monoisotopic (exact) mass is 317 g/mol. The lowest BCUT2D eigenvalue weighted by Crippen LogP contribution is -2.86. The van der Waals surface area contributed by atoms with Gasteiger partial charge in [-0.05, 0) is 56.2 Å². The number of anilines is 1. The maximum atomic E-state index is 12.0. The molecule has 3 N–H and O–H groups in total. The second-order valence-corrected chi connectivity index (χ2v) is 6.06. The van der Waals surface area contributed by atoms with Crippen LogP contribution in [0.4, 0.5) is 5.69 Å². The highest BCUT2D eigenvalue weighted by molar-refractivity contribution is 6.30. The molecule has 0 saturated heterocycles. The molecule has 0 spiro atoms. The molecule has 0 bridgehead atoms. The number of halogens is 1. The van der Waals surface area contributed by atoms with Crippen molar-refractivity contribution in [2.45, 2.75) is 26.8 Å². The summed E-state index contributed by atoms with van der Waals surface area (Å²) in [5.74, 6) is 0.00377. The molecule has 2 aromatic carbocycles. The van der Waals surface area contributed by atoms with Crippen LogP contribution in [-0.2, 0) is 4.79 Å². The molecule has 0 aliphatic rings. The van der Waals surface area contributed by atoms with Gasteiger partial charge in [-0.15, -0.1) is 0 Å². The molecule has 116 valence electrons. The van der Waals surface area contributed by atoms with E-state index in [9.17, 15) is 4.79 Å². The standard InChI is InChI=1S/C18H21ClN2O/c1-12-4-9-17(10-13(12)2)21-18(22)11-20-14(3)15-5-7-16(19)8-6-15/h4-10,14,20H,11H2,1-3H3,(H,21,22)/p+1/t14-/m1/s1. The number of carbonyl (C=O) groups is 1. The van der Waals surface area contributed by atoms with Gasteiger partial charge in [0, 0.05) is 16.3 Å². The molecule has 2 aromatic rings. The van der Waals surface area contributed by atoms with Crippen LogP contribution in [0.2, 0.25) is 5.02 Å². The summed E-state index contributed by atoms with van der Waals surface area (Å²) >= 11 is 5.88. The fourth-order valence-electron chi connectivity index (χ4n) is 2.22. The minimum absolute atomic E-state index is 0.00377. The lowest BCUT2D eigenvalue weighted by molar-refractivity contribution is -0.682. The van der Waals surface area contributed by atoms with Crippen LogP contribution in [0.5, 0.6) is 0 Å². The third-order valence-corrected chi connectivity index (χ3v) is 4.10. The molecule has 1 atom stereocenters. The fourth-order valence-corrected chi connectivity index (χ4v) is 2.34. The van der Waals surface area contributed by atoms with Crippen LogP contribution in [0.3, 0.4) is 0 Å². The summed E-state index contributed by atoms with van der Waals surface area (Å²) in [5, 5.41) is 5.67. The Labute approximate surface area is 136 Å². The van der Waals surface area contributed by atoms with Crippen molar-refractivity contribution < 1.29 is 10.1 Å². The summed E-state index contributed by atoms with van der Waals surface area (Å²) in [4.78, 5) is 12.0. The van der Waals surface area contributed by atoms with E-state index in [0.29, 0.717) is 6.54 Å². The molecule has 2 rings (SSSR count). The minimum atomic E-state index is 0.00377. The molecule has 0 aliphatic heterocycles. The van der Waals surface area contributed by atoms with Gasteiger partial charge in [-0.25, -0.2) is 0 Å². The predicted octanol–water partition coefficient (Wildman–Crippen LogP) is 3.22. The van der Waals surface area contributed by atoms with E-state index in [1.54, 1.807) is 0 Å². The maximum Gasteiger partial charge on any atom is 0.279 e. The molecule has 0 aromatic heterocycles. The van der Waals surface area contributed by atoms with Crippen LogP contribution in [0.15, 0.2) is 42.5 Å². The van der Waals surface area contributed by atoms with Crippen LogP contribution >= 0.6 is 11.6 Å². The smallest absolute Gasteiger partial charge is 0.279 e. The highest BCUT2D eigenvalue weighted by atomic mass is 35.5. The van der Waals surface area contributed by atoms with Gasteiger partial charge in [0.25, 0.3) is 5.91 Å². The number of amides is 1. The Morgan fingerprint density at radius 1 is 1.14 bits per heavy atom. The van der Waals surface area contributed by atoms with E-state index in [1.165, 1.54) is 11.1 Å². The van der Waals surface area contributed by atoms with Gasteiger partial charge in [0.05, 0.1) is 0 Å². The third-order valence-electron chi connectivity index (χ3n) is 3.84. The van der Waals surface area contributed by atoms with Crippen LogP contribution < -0.4 is 10.6 Å². The van der Waals surface area contributed by atoms with E-state index in [0.717, 1.165) is 16.3 Å². The molecule has 0 radical (unpaired) electrons. The zero-order chi connectivity index (χ0) is 16.1. The number of rotatable bonds is 5. The molecule has 0 saturated carbocycles. The first-order chi connectivity index (χ1) is 10.5. The van der Waals surface area contributed by atoms with Crippen molar-refractivity contribution in [1.82, 2.24) is 0 Å². The predicted molar refractivity (Wildman–Crippen MR) is 91.2 cm³/mol. The lowest BCUT2D eigenvalue weighted by Gasteiger charge is -2.12. The Morgan fingerprint density at radius 2 is 1.82 bits per heavy atom. The molecule has 4 heteroatoms. The van der Waals surface area contributed by atoms with Gasteiger partial charge in [0.15, 0.2) is 6.54 Å². The van der Waals surface area contributed by atoms with Gasteiger partial charge in [-0.2, -0.15) is 0 Å². The van der Waals surface area contributed by atoms with E-state index < -0.39 is 0 Å². The quantitative estimate of drug-likeness (QED) is 0.874. The van der Waals surface area contributed by atoms with Gasteiger partial charge >= 0.3 is 0 Å². The van der Waals surface area contributed by atoms with E-state index in [-0.39, 0.29) is 11.9 Å². The molecule has 3 nitrogen and oxygen atoms in total. The normalized spacial score (nSPS) is 12.0. The van der Waals surface area contributed by atoms with Crippen molar-refractivity contribution in [2.24, 2.45) is 0 Å². The molecule has 0 fully saturated rings. The summed E-state index contributed by atoms with van der Waals surface area (Å²) in [6.07, 6.45) is 0. The van der Waals surface area contributed by atoms with Gasteiger partial charge < -0.3 is 10.6 Å². The third kappa shape index (κ3) is 4.58. The molecule has 0 heterocycles. The summed E-state index contributed by atoms with van der Waals surface area (Å²) < 4.78 is 0. The Balaban J connectivity index is 1.86. The fraction of sp³-hybridized carbons (Fsp3) is 0.278. The van der Waals surface area contributed by atoms with Crippen LogP contribution in [-0.4, -0.2) is 12.5 Å². The number of aryl methyl sites for hydroxylation is 2. The summed E-state index contributed by atoms with van der Waals surface area (Å²) in [7, 11) is 0. The summed E-state index contributed by atoms with van der Waals surface area (Å²) in [5.41, 5.74) is 4.40. The molecule has 0 unspecified atom stereocenters. The van der Waals surface area contributed by atoms with E-state index in [2.05, 4.69) is 19.2 Å². The second kappa shape index (κ2) is 7.43. The van der Waals surface area contributed by atoms with E-state index >= 15 is 0 Å². The SMILES string of the molecule is Cc1ccc(NC(=O)C[NH2+][C@H](C)c2ccc(Cl)cc2)cc1C. The summed E-state index contributed by atoms with van der Waals surface area (Å²) in [6, 6.07) is 13.9. The molecular formula is C18H22ClN2O+. The van der Waals surface area contributed by atoms with E-state index in [1.807, 2.05) is 54.7 Å². The van der Waals surface area contributed by atoms with E-state index in [4.69, 9.17) is 11.6 Å². The molecule has 1 amide bonds. The van der Waals surface area contributed by atoms with Crippen molar-refractivity contribution in [3.63, 3.8) is 0 Å². The first-order valence-electron chi connectivity index (χ1n) is 7.41. The molecule has 22 heavy (non-hydrogen) atoms. The first-order valence-corrected chi connectivity index (χ1v) is 7.79. The highest BCUT2D eigenvalue weighted by Gasteiger charge is 2.11. The number of benzene rings is 2. The van der Waals surface area contributed by atoms with Crippen molar-refractivity contribution >= 4 is 23.2 Å². The Kier molecular flexibility index (Phi) is 5.58. The van der Waals surface area contributed by atoms with Gasteiger partial charge in [-0.1, -0.05) is 29.8 Å². The number of nitrogens with two attached hydrogens (primary N) is 1. The zero-order valence-corrected chi connectivity index (χ0v) is 13.9. The maximum absolute atomic E-state index is 12.0. The number of nitrogens with one attached hydrogen (secondary N) is 1. The molecule has 0 aliphatic carbocycles. The van der Waals surface area contributed by atoms with Crippen molar-refractivity contribution in [3.8, 4) is 0 Å². The molecular weight excluding hydrogens is 296 g/mol. The largest absolute Gasteiger partial charge is 0.333 e. The van der Waals surface area contributed by atoms with Crippen LogP contribution in [0, 0.1) is 13.8 Å². The highest BCUT2D eigenvalue weighted by Crippen LogP contribution is 2.14. The average Bonchev–Trinajstić information content (AvgIpc) is 2.49. The second-order valence-electron chi connectivity index (χ2n) is 5.63. The topological polar surface area (TPSA) is 45.7 Å². The Bertz CT molecular complexity index is 653. The Hall–Kier alpha value is -1.84. The number of quaternary nitrogens is 1. The van der Waals surface area contributed by atoms with Crippen LogP contribution in [0.1, 0.15) is 29.7 Å². The average molecular weight is 318 g/mol. The van der Waals surface area contributed by atoms with Crippen molar-refractivity contribution in [2.75, 3.05) is 11.9 Å². The van der Waals surface area contributed by atoms with Gasteiger partial charge in [-0.3, -0.25) is 4.79 Å². The van der Waals surface area contributed by atoms with Crippen molar-refractivity contribution in [3.05, 3.63) is 64.2 Å². The minimum Gasteiger partial charge on any atom is -0.333 e. The van der Waals surface area contributed by atoms with Gasteiger partial charge in [0.1, 0.15) is 6.04 Å². The zero-order valence-electron chi connectivity index (χ0n) is 13.2. The lowest BCUT2D eigenvalue weighted by atomic mass is 10.1. The van der Waals surface area contributed by atoms with Gasteiger partial charge in [0.2, 0.25) is 0 Å². The van der Waals surface area contributed by atoms with Crippen molar-refractivity contribution in [1.29, 1.82) is 0 Å².